The first-order valence-electron chi connectivity index (χ1n) is 25.9. The molecule has 2 aliphatic rings. The standard InChI is InChI=1S/C72H56Br2/c1-70(2,3)50-25-21-43(22-26-50)47-37-48(44-23-27-51(28-24-44)71(4,5)6)39-49(38-47)55-35-36-61-67-58(55)19-14-20-60(67)68-66(46-17-12-9-13-18-46)62-40-52(29-32-59(62)65(69(61)68)45-15-10-8-11-16-45)72(7)63-41-53(73)30-33-56(63)57-34-31-54(74)42-64(57)72/h8-42H,1-7H3. The zero-order chi connectivity index (χ0) is 50.8. The molecule has 0 aliphatic heterocycles. The minimum absolute atomic E-state index is 0.0688. The predicted molar refractivity (Wildman–Crippen MR) is 323 cm³/mol. The summed E-state index contributed by atoms with van der Waals surface area (Å²) < 4.78 is 2.17. The van der Waals surface area contributed by atoms with E-state index in [-0.39, 0.29) is 10.8 Å². The molecule has 0 N–H and O–H groups in total. The van der Waals surface area contributed by atoms with E-state index in [0.29, 0.717) is 0 Å². The number of hydrogen-bond donors (Lipinski definition) is 0. The number of benzene rings is 11. The first-order chi connectivity index (χ1) is 35.6. The van der Waals surface area contributed by atoms with Crippen LogP contribution in [0.1, 0.15) is 76.3 Å². The molecule has 2 heteroatoms. The summed E-state index contributed by atoms with van der Waals surface area (Å²) in [6, 6.07) is 80.8. The van der Waals surface area contributed by atoms with Crippen molar-refractivity contribution < 1.29 is 0 Å². The van der Waals surface area contributed by atoms with Crippen molar-refractivity contribution in [1.29, 1.82) is 0 Å². The van der Waals surface area contributed by atoms with Gasteiger partial charge in [0, 0.05) is 14.4 Å². The van der Waals surface area contributed by atoms with Crippen molar-refractivity contribution in [2.75, 3.05) is 0 Å². The highest BCUT2D eigenvalue weighted by Gasteiger charge is 2.42. The summed E-state index contributed by atoms with van der Waals surface area (Å²) in [4.78, 5) is 0. The highest BCUT2D eigenvalue weighted by molar-refractivity contribution is 9.10. The normalized spacial score (nSPS) is 13.3. The molecule has 0 atom stereocenters. The van der Waals surface area contributed by atoms with Gasteiger partial charge in [0.25, 0.3) is 0 Å². The van der Waals surface area contributed by atoms with Gasteiger partial charge in [-0.25, -0.2) is 0 Å². The van der Waals surface area contributed by atoms with Crippen LogP contribution in [-0.2, 0) is 16.2 Å². The van der Waals surface area contributed by atoms with Crippen LogP contribution in [0.5, 0.6) is 0 Å². The molecule has 0 radical (unpaired) electrons. The second-order valence-electron chi connectivity index (χ2n) is 22.8. The third-order valence-electron chi connectivity index (χ3n) is 16.3. The van der Waals surface area contributed by atoms with Gasteiger partial charge in [0.05, 0.1) is 0 Å². The molecule has 0 fully saturated rings. The lowest BCUT2D eigenvalue weighted by atomic mass is 9.73. The van der Waals surface area contributed by atoms with Gasteiger partial charge in [-0.05, 0) is 205 Å². The summed E-state index contributed by atoms with van der Waals surface area (Å²) >= 11 is 7.77. The SMILES string of the molecule is CC(C)(C)c1ccc(-c2cc(-c3ccc(C(C)(C)C)cc3)cc(-c3ccc4c5c(cccc35)-c3c-4c(-c4ccccc4)c4ccc(C5(C)c6cc(Br)ccc6-c6ccc(Br)cc65)cc4c3-c3ccccc3)c2)cc1. The topological polar surface area (TPSA) is 0 Å². The maximum Gasteiger partial charge on any atom is 0.0436 e. The van der Waals surface area contributed by atoms with E-state index in [1.165, 1.54) is 138 Å². The smallest absolute Gasteiger partial charge is 0.0436 e. The second kappa shape index (κ2) is 17.2. The Balaban J connectivity index is 1.08. The van der Waals surface area contributed by atoms with Crippen LogP contribution in [0.4, 0.5) is 0 Å². The largest absolute Gasteiger partial charge is 0.0622 e. The lowest BCUT2D eigenvalue weighted by Gasteiger charge is -2.30. The van der Waals surface area contributed by atoms with Crippen molar-refractivity contribution >= 4 is 53.4 Å². The van der Waals surface area contributed by atoms with Crippen LogP contribution in [0, 0.1) is 0 Å². The van der Waals surface area contributed by atoms with E-state index >= 15 is 0 Å². The van der Waals surface area contributed by atoms with Crippen LogP contribution >= 0.6 is 31.9 Å². The van der Waals surface area contributed by atoms with Gasteiger partial charge in [-0.1, -0.05) is 237 Å². The second-order valence-corrected chi connectivity index (χ2v) is 24.7. The lowest BCUT2D eigenvalue weighted by molar-refractivity contribution is 0.590. The quantitative estimate of drug-likeness (QED) is 0.156. The number of fused-ring (bicyclic) bond motifs is 7. The van der Waals surface area contributed by atoms with Crippen LogP contribution in [0.3, 0.4) is 0 Å². The highest BCUT2D eigenvalue weighted by Crippen LogP contribution is 2.60. The van der Waals surface area contributed by atoms with E-state index in [9.17, 15) is 0 Å². The molecule has 0 saturated carbocycles. The van der Waals surface area contributed by atoms with Crippen LogP contribution in [0.15, 0.2) is 221 Å². The van der Waals surface area contributed by atoms with Gasteiger partial charge in [-0.3, -0.25) is 0 Å². The molecule has 0 saturated heterocycles. The molecule has 13 rings (SSSR count). The average molecular weight is 1080 g/mol. The summed E-state index contributed by atoms with van der Waals surface area (Å²) in [6.07, 6.45) is 0. The molecule has 0 amide bonds. The molecule has 2 aliphatic carbocycles. The monoisotopic (exact) mass is 1080 g/mol. The lowest BCUT2D eigenvalue weighted by Crippen LogP contribution is -2.22. The molecular formula is C72H56Br2. The average Bonchev–Trinajstić information content (AvgIpc) is 3.87. The molecule has 0 heterocycles. The molecule has 74 heavy (non-hydrogen) atoms. The molecular weight excluding hydrogens is 1020 g/mol. The third-order valence-corrected chi connectivity index (χ3v) is 17.3. The van der Waals surface area contributed by atoms with Crippen molar-refractivity contribution in [2.45, 2.75) is 64.7 Å². The van der Waals surface area contributed by atoms with Crippen molar-refractivity contribution in [3.05, 3.63) is 249 Å². The molecule has 11 aromatic rings. The van der Waals surface area contributed by atoms with Crippen LogP contribution in [-0.4, -0.2) is 0 Å². The summed E-state index contributed by atoms with van der Waals surface area (Å²) in [5, 5.41) is 5.07. The summed E-state index contributed by atoms with van der Waals surface area (Å²) in [6.45, 7) is 16.1. The van der Waals surface area contributed by atoms with Gasteiger partial charge in [0.1, 0.15) is 0 Å². The van der Waals surface area contributed by atoms with E-state index in [4.69, 9.17) is 0 Å². The van der Waals surface area contributed by atoms with Crippen molar-refractivity contribution in [3.63, 3.8) is 0 Å². The molecule has 0 unspecified atom stereocenters. The molecule has 0 bridgehead atoms. The number of hydrogen-bond acceptors (Lipinski definition) is 0. The summed E-state index contributed by atoms with van der Waals surface area (Å²) in [5.41, 5.74) is 26.3. The van der Waals surface area contributed by atoms with E-state index in [1.54, 1.807) is 0 Å². The Kier molecular flexibility index (Phi) is 10.9. The maximum atomic E-state index is 3.88. The van der Waals surface area contributed by atoms with Gasteiger partial charge >= 0.3 is 0 Å². The first kappa shape index (κ1) is 46.7. The third kappa shape index (κ3) is 7.43. The minimum Gasteiger partial charge on any atom is -0.0622 e. The molecule has 0 nitrogen and oxygen atoms in total. The van der Waals surface area contributed by atoms with Gasteiger partial charge < -0.3 is 0 Å². The Hall–Kier alpha value is -7.10. The highest BCUT2D eigenvalue weighted by atomic mass is 79.9. The zero-order valence-corrected chi connectivity index (χ0v) is 46.1. The molecule has 358 valence electrons. The van der Waals surface area contributed by atoms with Crippen LogP contribution in [0.25, 0.3) is 111 Å². The summed E-state index contributed by atoms with van der Waals surface area (Å²) in [5.74, 6) is 0. The van der Waals surface area contributed by atoms with E-state index in [2.05, 4.69) is 293 Å². The minimum atomic E-state index is -0.416. The predicted octanol–water partition coefficient (Wildman–Crippen LogP) is 21.4. The summed E-state index contributed by atoms with van der Waals surface area (Å²) in [7, 11) is 0. The van der Waals surface area contributed by atoms with Crippen LogP contribution < -0.4 is 0 Å². The first-order valence-corrected chi connectivity index (χ1v) is 27.5. The fraction of sp³-hybridized carbons (Fsp3) is 0.139. The Bertz CT molecular complexity index is 3940. The van der Waals surface area contributed by atoms with Crippen LogP contribution in [0.2, 0.25) is 0 Å². The maximum absolute atomic E-state index is 3.88. The van der Waals surface area contributed by atoms with Crippen molar-refractivity contribution in [2.24, 2.45) is 0 Å². The van der Waals surface area contributed by atoms with Crippen molar-refractivity contribution in [3.8, 4) is 89.0 Å². The van der Waals surface area contributed by atoms with Gasteiger partial charge in [0.2, 0.25) is 0 Å². The fourth-order valence-corrected chi connectivity index (χ4v) is 13.2. The van der Waals surface area contributed by atoms with Gasteiger partial charge in [-0.2, -0.15) is 0 Å². The van der Waals surface area contributed by atoms with E-state index in [0.717, 1.165) is 8.95 Å². The number of halogens is 2. The number of rotatable bonds is 6. The Labute approximate surface area is 453 Å². The van der Waals surface area contributed by atoms with Gasteiger partial charge in [-0.15, -0.1) is 0 Å². The van der Waals surface area contributed by atoms with E-state index in [1.807, 2.05) is 0 Å². The fourth-order valence-electron chi connectivity index (χ4n) is 12.5. The van der Waals surface area contributed by atoms with Crippen molar-refractivity contribution in [1.82, 2.24) is 0 Å². The molecule has 0 spiro atoms. The Morgan fingerprint density at radius 3 is 1.28 bits per heavy atom. The zero-order valence-electron chi connectivity index (χ0n) is 43.0. The van der Waals surface area contributed by atoms with Gasteiger partial charge in [0.15, 0.2) is 0 Å². The Morgan fingerprint density at radius 1 is 0.311 bits per heavy atom. The Morgan fingerprint density at radius 2 is 0.770 bits per heavy atom. The van der Waals surface area contributed by atoms with E-state index < -0.39 is 5.41 Å². The molecule has 0 aromatic heterocycles. The molecule has 11 aromatic carbocycles.